The number of carbonyl (C=O) groups excluding carboxylic acids is 2. The maximum Gasteiger partial charge on any atom is 0.291 e. The summed E-state index contributed by atoms with van der Waals surface area (Å²) in [6.45, 7) is 5.53. The van der Waals surface area contributed by atoms with Crippen molar-refractivity contribution in [1.82, 2.24) is 26.0 Å². The summed E-state index contributed by atoms with van der Waals surface area (Å²) >= 11 is 1.26. The van der Waals surface area contributed by atoms with Gasteiger partial charge in [-0.2, -0.15) is 0 Å². The first-order valence-corrected chi connectivity index (χ1v) is 9.63. The number of nitrogens with one attached hydrogen (secondary N) is 2. The molecule has 2 amide bonds. The van der Waals surface area contributed by atoms with Gasteiger partial charge in [0.1, 0.15) is 10.7 Å². The molecule has 146 valence electrons. The first kappa shape index (κ1) is 18.8. The molecule has 0 saturated heterocycles. The molecular formula is C20H17N5O3S. The Balaban J connectivity index is 1.48. The summed E-state index contributed by atoms with van der Waals surface area (Å²) in [4.78, 5) is 34.9. The van der Waals surface area contributed by atoms with Crippen LogP contribution in [0.1, 0.15) is 37.2 Å². The van der Waals surface area contributed by atoms with Gasteiger partial charge in [0, 0.05) is 22.7 Å². The summed E-state index contributed by atoms with van der Waals surface area (Å²) in [5.41, 5.74) is 7.26. The van der Waals surface area contributed by atoms with Crippen molar-refractivity contribution >= 4 is 33.4 Å². The van der Waals surface area contributed by atoms with Crippen LogP contribution in [0.15, 0.2) is 40.9 Å². The molecule has 0 aliphatic rings. The monoisotopic (exact) mass is 407 g/mol. The number of aryl methyl sites for hydroxylation is 3. The molecule has 1 aromatic carbocycles. The van der Waals surface area contributed by atoms with Gasteiger partial charge in [0.25, 0.3) is 11.8 Å². The summed E-state index contributed by atoms with van der Waals surface area (Å²) < 4.78 is 5.21. The molecule has 29 heavy (non-hydrogen) atoms. The van der Waals surface area contributed by atoms with Crippen LogP contribution in [0.4, 0.5) is 0 Å². The zero-order valence-corrected chi connectivity index (χ0v) is 16.8. The third-order valence-corrected chi connectivity index (χ3v) is 5.56. The Morgan fingerprint density at radius 3 is 2.48 bits per heavy atom. The molecule has 0 radical (unpaired) electrons. The number of rotatable bonds is 3. The first-order valence-electron chi connectivity index (χ1n) is 8.81. The maximum atomic E-state index is 12.6. The number of hydrogen-bond donors (Lipinski definition) is 2. The number of hydrazine groups is 1. The molecule has 0 fully saturated rings. The standard InChI is InChI=1S/C20H17N5O3S/c1-10-16-11(2)21-12(3)22-20(16)29-17(10)19(27)24-23-18(26)14-9-15(28-25-14)13-7-5-4-6-8-13/h4-9H,1-3H3,(H,23,26)(H,24,27). The number of carbonyl (C=O) groups is 2. The van der Waals surface area contributed by atoms with Gasteiger partial charge in [0.2, 0.25) is 0 Å². The first-order chi connectivity index (χ1) is 13.9. The third kappa shape index (κ3) is 3.59. The van der Waals surface area contributed by atoms with Gasteiger partial charge in [0.15, 0.2) is 11.5 Å². The molecule has 0 bridgehead atoms. The van der Waals surface area contributed by atoms with E-state index in [0.717, 1.165) is 27.0 Å². The molecule has 9 heteroatoms. The lowest BCUT2D eigenvalue weighted by Gasteiger charge is -2.05. The lowest BCUT2D eigenvalue weighted by molar-refractivity contribution is 0.0843. The minimum absolute atomic E-state index is 0.0644. The van der Waals surface area contributed by atoms with Crippen molar-refractivity contribution in [1.29, 1.82) is 0 Å². The van der Waals surface area contributed by atoms with E-state index in [1.807, 2.05) is 51.1 Å². The van der Waals surface area contributed by atoms with Crippen LogP contribution in [0.3, 0.4) is 0 Å². The Kier molecular flexibility index (Phi) is 4.81. The van der Waals surface area contributed by atoms with Crippen molar-refractivity contribution in [3.63, 3.8) is 0 Å². The predicted octanol–water partition coefficient (Wildman–Crippen LogP) is 3.35. The highest BCUT2D eigenvalue weighted by Crippen LogP contribution is 2.31. The van der Waals surface area contributed by atoms with Crippen molar-refractivity contribution in [3.8, 4) is 11.3 Å². The van der Waals surface area contributed by atoms with Crippen LogP contribution in [0, 0.1) is 20.8 Å². The highest BCUT2D eigenvalue weighted by Gasteiger charge is 2.20. The Labute approximate surface area is 169 Å². The Morgan fingerprint density at radius 1 is 1.00 bits per heavy atom. The van der Waals surface area contributed by atoms with E-state index in [9.17, 15) is 9.59 Å². The number of fused-ring (bicyclic) bond motifs is 1. The average Bonchev–Trinajstić information content (AvgIpc) is 3.32. The molecule has 8 nitrogen and oxygen atoms in total. The summed E-state index contributed by atoms with van der Waals surface area (Å²) in [5, 5.41) is 4.62. The molecule has 0 aliphatic carbocycles. The average molecular weight is 407 g/mol. The molecule has 0 aliphatic heterocycles. The molecule has 2 N–H and O–H groups in total. The molecule has 3 aromatic heterocycles. The largest absolute Gasteiger partial charge is 0.355 e. The highest BCUT2D eigenvalue weighted by molar-refractivity contribution is 7.20. The van der Waals surface area contributed by atoms with Gasteiger partial charge >= 0.3 is 0 Å². The van der Waals surface area contributed by atoms with Crippen LogP contribution >= 0.6 is 11.3 Å². The van der Waals surface area contributed by atoms with E-state index in [-0.39, 0.29) is 5.69 Å². The predicted molar refractivity (Wildman–Crippen MR) is 108 cm³/mol. The van der Waals surface area contributed by atoms with Crippen molar-refractivity contribution < 1.29 is 14.1 Å². The van der Waals surface area contributed by atoms with Crippen LogP contribution < -0.4 is 10.9 Å². The van der Waals surface area contributed by atoms with Crippen molar-refractivity contribution in [2.75, 3.05) is 0 Å². The van der Waals surface area contributed by atoms with Gasteiger partial charge in [-0.05, 0) is 26.3 Å². The fraction of sp³-hybridized carbons (Fsp3) is 0.150. The van der Waals surface area contributed by atoms with E-state index in [1.54, 1.807) is 0 Å². The highest BCUT2D eigenvalue weighted by atomic mass is 32.1. The molecule has 0 unspecified atom stereocenters. The van der Waals surface area contributed by atoms with Crippen LogP contribution in [0.25, 0.3) is 21.5 Å². The number of benzene rings is 1. The van der Waals surface area contributed by atoms with Gasteiger partial charge in [-0.3, -0.25) is 20.4 Å². The minimum atomic E-state index is -0.574. The lowest BCUT2D eigenvalue weighted by atomic mass is 10.1. The second-order valence-corrected chi connectivity index (χ2v) is 7.44. The Hall–Kier alpha value is -3.59. The molecular weight excluding hydrogens is 390 g/mol. The summed E-state index contributed by atoms with van der Waals surface area (Å²) in [6.07, 6.45) is 0. The fourth-order valence-electron chi connectivity index (χ4n) is 3.05. The molecule has 0 saturated carbocycles. The SMILES string of the molecule is Cc1nc(C)c2c(C)c(C(=O)NNC(=O)c3cc(-c4ccccc4)on3)sc2n1. The van der Waals surface area contributed by atoms with E-state index in [4.69, 9.17) is 4.52 Å². The number of aromatic nitrogens is 3. The Morgan fingerprint density at radius 2 is 1.72 bits per heavy atom. The van der Waals surface area contributed by atoms with Gasteiger partial charge in [-0.1, -0.05) is 35.5 Å². The fourth-order valence-corrected chi connectivity index (χ4v) is 4.22. The summed E-state index contributed by atoms with van der Waals surface area (Å²) in [5.74, 6) is 0.112. The summed E-state index contributed by atoms with van der Waals surface area (Å²) in [7, 11) is 0. The van der Waals surface area contributed by atoms with E-state index in [0.29, 0.717) is 16.5 Å². The summed E-state index contributed by atoms with van der Waals surface area (Å²) in [6, 6.07) is 10.8. The molecule has 0 spiro atoms. The van der Waals surface area contributed by atoms with E-state index >= 15 is 0 Å². The number of amides is 2. The zero-order chi connectivity index (χ0) is 20.5. The number of hydrogen-bond acceptors (Lipinski definition) is 7. The molecule has 0 atom stereocenters. The van der Waals surface area contributed by atoms with E-state index in [1.165, 1.54) is 17.4 Å². The molecule has 4 rings (SSSR count). The Bertz CT molecular complexity index is 1230. The number of thiophene rings is 1. The lowest BCUT2D eigenvalue weighted by Crippen LogP contribution is -2.41. The maximum absolute atomic E-state index is 12.6. The van der Waals surface area contributed by atoms with Gasteiger partial charge < -0.3 is 4.52 Å². The minimum Gasteiger partial charge on any atom is -0.355 e. The van der Waals surface area contributed by atoms with Gasteiger partial charge in [-0.15, -0.1) is 11.3 Å². The normalized spacial score (nSPS) is 10.9. The van der Waals surface area contributed by atoms with Crippen LogP contribution in [-0.4, -0.2) is 26.9 Å². The van der Waals surface area contributed by atoms with Crippen LogP contribution in [-0.2, 0) is 0 Å². The molecule has 4 aromatic rings. The zero-order valence-electron chi connectivity index (χ0n) is 15.9. The number of nitrogens with zero attached hydrogens (tertiary/aromatic N) is 3. The van der Waals surface area contributed by atoms with Crippen molar-refractivity contribution in [2.24, 2.45) is 0 Å². The van der Waals surface area contributed by atoms with Crippen molar-refractivity contribution in [3.05, 3.63) is 64.1 Å². The smallest absolute Gasteiger partial charge is 0.291 e. The van der Waals surface area contributed by atoms with Crippen molar-refractivity contribution in [2.45, 2.75) is 20.8 Å². The van der Waals surface area contributed by atoms with E-state index in [2.05, 4.69) is 26.0 Å². The topological polar surface area (TPSA) is 110 Å². The van der Waals surface area contributed by atoms with Crippen LogP contribution in [0.2, 0.25) is 0 Å². The van der Waals surface area contributed by atoms with E-state index < -0.39 is 11.8 Å². The van der Waals surface area contributed by atoms with Gasteiger partial charge in [0.05, 0.1) is 4.88 Å². The van der Waals surface area contributed by atoms with Gasteiger partial charge in [-0.25, -0.2) is 9.97 Å². The van der Waals surface area contributed by atoms with Crippen LogP contribution in [0.5, 0.6) is 0 Å². The molecule has 3 heterocycles. The second kappa shape index (κ2) is 7.44. The quantitative estimate of drug-likeness (QED) is 0.504. The second-order valence-electron chi connectivity index (χ2n) is 6.44. The third-order valence-electron chi connectivity index (χ3n) is 4.38.